The molecule has 1 N–H and O–H groups in total. The van der Waals surface area contributed by atoms with E-state index >= 15 is 0 Å². The number of carbonyl (C=O) groups is 1. The predicted octanol–water partition coefficient (Wildman–Crippen LogP) is 4.76. The SMILES string of the molecule is CCOc1cc(/C=N/NC(=O)C2CCCN2S(=O)(=O)c2ccc(Cl)cc2)ccc1OCc1ccc(F)cc1. The Labute approximate surface area is 226 Å². The molecule has 3 aromatic rings. The molecule has 1 heterocycles. The van der Waals surface area contributed by atoms with E-state index in [1.165, 1.54) is 46.9 Å². The van der Waals surface area contributed by atoms with Crippen LogP contribution in [0, 0.1) is 5.82 Å². The monoisotopic (exact) mass is 559 g/mol. The fourth-order valence-corrected chi connectivity index (χ4v) is 5.79. The number of amides is 1. The van der Waals surface area contributed by atoms with Gasteiger partial charge in [0.15, 0.2) is 11.5 Å². The van der Waals surface area contributed by atoms with Crippen LogP contribution in [0.2, 0.25) is 5.02 Å². The lowest BCUT2D eigenvalue weighted by atomic mass is 10.2. The second kappa shape index (κ2) is 12.4. The quantitative estimate of drug-likeness (QED) is 0.285. The summed E-state index contributed by atoms with van der Waals surface area (Å²) in [5, 5.41) is 4.45. The summed E-state index contributed by atoms with van der Waals surface area (Å²) in [4.78, 5) is 12.9. The minimum atomic E-state index is -3.86. The Hall–Kier alpha value is -3.47. The van der Waals surface area contributed by atoms with Gasteiger partial charge in [0.1, 0.15) is 18.5 Å². The van der Waals surface area contributed by atoms with Crippen LogP contribution >= 0.6 is 11.6 Å². The van der Waals surface area contributed by atoms with Crippen LogP contribution < -0.4 is 14.9 Å². The standard InChI is InChI=1S/C27H27ClFN3O5S/c1-2-36-26-16-20(7-14-25(26)37-18-19-5-10-22(29)11-6-19)17-30-31-27(33)24-4-3-15-32(24)38(34,35)23-12-8-21(28)9-13-23/h5-14,16-17,24H,2-4,15,18H2,1H3,(H,31,33)/b30-17+. The molecule has 3 aromatic carbocycles. The van der Waals surface area contributed by atoms with E-state index in [9.17, 15) is 17.6 Å². The van der Waals surface area contributed by atoms with Crippen LogP contribution in [-0.2, 0) is 21.4 Å². The van der Waals surface area contributed by atoms with Gasteiger partial charge in [-0.1, -0.05) is 23.7 Å². The molecule has 0 aliphatic carbocycles. The van der Waals surface area contributed by atoms with Crippen LogP contribution in [0.5, 0.6) is 11.5 Å². The average Bonchev–Trinajstić information content (AvgIpc) is 3.41. The summed E-state index contributed by atoms with van der Waals surface area (Å²) in [7, 11) is -3.86. The fraction of sp³-hybridized carbons (Fsp3) is 0.259. The van der Waals surface area contributed by atoms with Crippen molar-refractivity contribution in [2.24, 2.45) is 5.10 Å². The lowest BCUT2D eigenvalue weighted by Gasteiger charge is -2.22. The fourth-order valence-electron chi connectivity index (χ4n) is 4.01. The van der Waals surface area contributed by atoms with Gasteiger partial charge < -0.3 is 9.47 Å². The van der Waals surface area contributed by atoms with E-state index in [-0.39, 0.29) is 23.9 Å². The Kier molecular flexibility index (Phi) is 8.98. The normalized spacial score (nSPS) is 16.0. The van der Waals surface area contributed by atoms with Crippen LogP contribution in [0.15, 0.2) is 76.7 Å². The highest BCUT2D eigenvalue weighted by Gasteiger charge is 2.39. The van der Waals surface area contributed by atoms with Gasteiger partial charge in [0, 0.05) is 11.6 Å². The number of carbonyl (C=O) groups excluding carboxylic acids is 1. The minimum absolute atomic E-state index is 0.0790. The van der Waals surface area contributed by atoms with Gasteiger partial charge in [-0.3, -0.25) is 4.79 Å². The summed E-state index contributed by atoms with van der Waals surface area (Å²) in [6.45, 7) is 2.73. The second-order valence-corrected chi connectivity index (χ2v) is 10.8. The highest BCUT2D eigenvalue weighted by molar-refractivity contribution is 7.89. The smallest absolute Gasteiger partial charge is 0.258 e. The third kappa shape index (κ3) is 6.69. The Bertz CT molecular complexity index is 1400. The molecule has 8 nitrogen and oxygen atoms in total. The summed E-state index contributed by atoms with van der Waals surface area (Å²) in [5.41, 5.74) is 3.90. The number of rotatable bonds is 10. The molecule has 0 radical (unpaired) electrons. The summed E-state index contributed by atoms with van der Waals surface area (Å²) in [6, 6.07) is 16.2. The first-order chi connectivity index (χ1) is 18.3. The van der Waals surface area contributed by atoms with Crippen molar-refractivity contribution in [1.82, 2.24) is 9.73 Å². The van der Waals surface area contributed by atoms with Gasteiger partial charge in [0.05, 0.1) is 17.7 Å². The van der Waals surface area contributed by atoms with Crippen molar-refractivity contribution in [3.8, 4) is 11.5 Å². The third-order valence-electron chi connectivity index (χ3n) is 5.89. The molecule has 1 aliphatic heterocycles. The highest BCUT2D eigenvalue weighted by atomic mass is 35.5. The molecule has 1 atom stereocenters. The number of hydrogen-bond donors (Lipinski definition) is 1. The number of nitrogens with zero attached hydrogens (tertiary/aromatic N) is 2. The maximum atomic E-state index is 13.1. The van der Waals surface area contributed by atoms with E-state index in [1.54, 1.807) is 30.3 Å². The number of hydrazone groups is 1. The second-order valence-electron chi connectivity index (χ2n) is 8.52. The van der Waals surface area contributed by atoms with Gasteiger partial charge in [-0.2, -0.15) is 9.41 Å². The zero-order chi connectivity index (χ0) is 27.1. The molecule has 4 rings (SSSR count). The van der Waals surface area contributed by atoms with Crippen molar-refractivity contribution in [3.63, 3.8) is 0 Å². The van der Waals surface area contributed by atoms with Gasteiger partial charge in [-0.15, -0.1) is 0 Å². The number of benzene rings is 3. The Morgan fingerprint density at radius 1 is 1.11 bits per heavy atom. The molecular formula is C27H27ClFN3O5S. The first kappa shape index (κ1) is 27.6. The van der Waals surface area contributed by atoms with E-state index in [2.05, 4.69) is 10.5 Å². The van der Waals surface area contributed by atoms with Crippen molar-refractivity contribution < 1.29 is 27.1 Å². The Balaban J connectivity index is 1.40. The van der Waals surface area contributed by atoms with Crippen LogP contribution in [-0.4, -0.2) is 44.0 Å². The molecule has 11 heteroatoms. The minimum Gasteiger partial charge on any atom is -0.490 e. The van der Waals surface area contributed by atoms with E-state index in [0.717, 1.165) is 5.56 Å². The summed E-state index contributed by atoms with van der Waals surface area (Å²) in [5.74, 6) is 0.163. The molecule has 0 bridgehead atoms. The van der Waals surface area contributed by atoms with Gasteiger partial charge in [0.25, 0.3) is 5.91 Å². The highest BCUT2D eigenvalue weighted by Crippen LogP contribution is 2.29. The summed E-state index contributed by atoms with van der Waals surface area (Å²) < 4.78 is 52.0. The van der Waals surface area contributed by atoms with E-state index in [0.29, 0.717) is 41.5 Å². The lowest BCUT2D eigenvalue weighted by Crippen LogP contribution is -2.44. The van der Waals surface area contributed by atoms with Crippen molar-refractivity contribution in [2.75, 3.05) is 13.2 Å². The average molecular weight is 560 g/mol. The number of halogens is 2. The summed E-state index contributed by atoms with van der Waals surface area (Å²) in [6.07, 6.45) is 2.39. The molecule has 0 aromatic heterocycles. The van der Waals surface area contributed by atoms with Crippen molar-refractivity contribution >= 4 is 33.7 Å². The van der Waals surface area contributed by atoms with Gasteiger partial charge in [0.2, 0.25) is 10.0 Å². The molecule has 0 saturated carbocycles. The van der Waals surface area contributed by atoms with Crippen LogP contribution in [0.3, 0.4) is 0 Å². The molecule has 1 amide bonds. The number of nitrogens with one attached hydrogen (secondary N) is 1. The Morgan fingerprint density at radius 3 is 2.55 bits per heavy atom. The zero-order valence-corrected chi connectivity index (χ0v) is 22.2. The van der Waals surface area contributed by atoms with Crippen LogP contribution in [0.25, 0.3) is 0 Å². The molecule has 1 unspecified atom stereocenters. The molecule has 1 aliphatic rings. The first-order valence-electron chi connectivity index (χ1n) is 12.0. The van der Waals surface area contributed by atoms with Crippen molar-refractivity contribution in [2.45, 2.75) is 37.3 Å². The van der Waals surface area contributed by atoms with Gasteiger partial charge in [-0.25, -0.2) is 18.2 Å². The molecular weight excluding hydrogens is 533 g/mol. The number of ether oxygens (including phenoxy) is 2. The van der Waals surface area contributed by atoms with E-state index in [1.807, 2.05) is 6.92 Å². The van der Waals surface area contributed by atoms with Gasteiger partial charge >= 0.3 is 0 Å². The van der Waals surface area contributed by atoms with E-state index in [4.69, 9.17) is 21.1 Å². The molecule has 1 fully saturated rings. The molecule has 38 heavy (non-hydrogen) atoms. The summed E-state index contributed by atoms with van der Waals surface area (Å²) >= 11 is 5.88. The van der Waals surface area contributed by atoms with Crippen LogP contribution in [0.4, 0.5) is 4.39 Å². The topological polar surface area (TPSA) is 97.3 Å². The van der Waals surface area contributed by atoms with Crippen molar-refractivity contribution in [3.05, 3.63) is 88.7 Å². The number of sulfonamides is 1. The molecule has 0 spiro atoms. The van der Waals surface area contributed by atoms with Crippen molar-refractivity contribution in [1.29, 1.82) is 0 Å². The molecule has 200 valence electrons. The number of hydrogen-bond acceptors (Lipinski definition) is 6. The predicted molar refractivity (Wildman–Crippen MR) is 142 cm³/mol. The zero-order valence-electron chi connectivity index (χ0n) is 20.6. The van der Waals surface area contributed by atoms with Crippen LogP contribution in [0.1, 0.15) is 30.9 Å². The first-order valence-corrected chi connectivity index (χ1v) is 13.8. The maximum absolute atomic E-state index is 13.1. The molecule has 1 saturated heterocycles. The Morgan fingerprint density at radius 2 is 1.84 bits per heavy atom. The lowest BCUT2D eigenvalue weighted by molar-refractivity contribution is -0.124. The largest absolute Gasteiger partial charge is 0.490 e. The van der Waals surface area contributed by atoms with E-state index < -0.39 is 22.0 Å². The maximum Gasteiger partial charge on any atom is 0.258 e. The van der Waals surface area contributed by atoms with Gasteiger partial charge in [-0.05, 0) is 85.5 Å². The third-order valence-corrected chi connectivity index (χ3v) is 8.06.